The number of halogens is 1. The van der Waals surface area contributed by atoms with Crippen LogP contribution in [0.4, 0.5) is 4.79 Å². The van der Waals surface area contributed by atoms with Crippen LogP contribution < -0.4 is 20.7 Å². The van der Waals surface area contributed by atoms with Crippen molar-refractivity contribution in [3.8, 4) is 5.75 Å². The highest BCUT2D eigenvalue weighted by Gasteiger charge is 2.14. The summed E-state index contributed by atoms with van der Waals surface area (Å²) in [6, 6.07) is 5.46. The molecular formula is C16H25BrN3O3+. The molecule has 128 valence electrons. The molecule has 0 aliphatic carbocycles. The second kappa shape index (κ2) is 10.2. The van der Waals surface area contributed by atoms with E-state index in [0.29, 0.717) is 6.54 Å². The van der Waals surface area contributed by atoms with E-state index >= 15 is 0 Å². The predicted molar refractivity (Wildman–Crippen MR) is 92.4 cm³/mol. The van der Waals surface area contributed by atoms with E-state index < -0.39 is 6.03 Å². The highest BCUT2D eigenvalue weighted by Crippen LogP contribution is 2.26. The van der Waals surface area contributed by atoms with E-state index in [1.165, 1.54) is 0 Å². The van der Waals surface area contributed by atoms with Crippen LogP contribution >= 0.6 is 15.9 Å². The Balaban J connectivity index is 2.40. The third-order valence-electron chi connectivity index (χ3n) is 3.43. The standard InChI is InChI=1S/C16H24BrN3O3/c1-4-5-8-18-16(22)20-15(21)10-19-11(2)12-6-7-14(23-3)13(17)9-12/h6-7,9,11,19H,4-5,8,10H2,1-3H3,(H2,18,20,21,22)/p+1/t11-/m1/s1. The highest BCUT2D eigenvalue weighted by atomic mass is 79.9. The largest absolute Gasteiger partial charge is 0.496 e. The van der Waals surface area contributed by atoms with Crippen LogP contribution in [0.25, 0.3) is 0 Å². The van der Waals surface area contributed by atoms with Crippen molar-refractivity contribution in [1.82, 2.24) is 10.6 Å². The molecule has 0 aromatic heterocycles. The van der Waals surface area contributed by atoms with Gasteiger partial charge in [0.2, 0.25) is 0 Å². The highest BCUT2D eigenvalue weighted by molar-refractivity contribution is 9.10. The van der Waals surface area contributed by atoms with Gasteiger partial charge in [-0.3, -0.25) is 10.1 Å². The number of urea groups is 1. The number of imide groups is 1. The molecule has 4 N–H and O–H groups in total. The van der Waals surface area contributed by atoms with Gasteiger partial charge in [-0.15, -0.1) is 0 Å². The lowest BCUT2D eigenvalue weighted by Crippen LogP contribution is -2.87. The lowest BCUT2D eigenvalue weighted by atomic mass is 10.1. The van der Waals surface area contributed by atoms with Crippen LogP contribution in [0.1, 0.15) is 38.3 Å². The van der Waals surface area contributed by atoms with Crippen molar-refractivity contribution in [2.24, 2.45) is 0 Å². The van der Waals surface area contributed by atoms with E-state index in [1.807, 2.05) is 37.4 Å². The number of hydrogen-bond donors (Lipinski definition) is 3. The molecule has 0 unspecified atom stereocenters. The topological polar surface area (TPSA) is 84.0 Å². The monoisotopic (exact) mass is 386 g/mol. The normalized spacial score (nSPS) is 11.7. The number of quaternary nitrogens is 1. The lowest BCUT2D eigenvalue weighted by Gasteiger charge is -2.13. The molecule has 1 aromatic carbocycles. The van der Waals surface area contributed by atoms with Gasteiger partial charge in [-0.2, -0.15) is 0 Å². The molecule has 23 heavy (non-hydrogen) atoms. The molecular weight excluding hydrogens is 362 g/mol. The van der Waals surface area contributed by atoms with E-state index in [9.17, 15) is 9.59 Å². The van der Waals surface area contributed by atoms with Gasteiger partial charge in [0.1, 0.15) is 11.8 Å². The number of methoxy groups -OCH3 is 1. The molecule has 0 saturated carbocycles. The Bertz CT molecular complexity index is 537. The van der Waals surface area contributed by atoms with Gasteiger partial charge in [-0.25, -0.2) is 4.79 Å². The summed E-state index contributed by atoms with van der Waals surface area (Å²) in [6.45, 7) is 4.81. The fourth-order valence-corrected chi connectivity index (χ4v) is 2.54. The summed E-state index contributed by atoms with van der Waals surface area (Å²) >= 11 is 3.45. The van der Waals surface area contributed by atoms with Crippen LogP contribution in [0, 0.1) is 0 Å². The van der Waals surface area contributed by atoms with Gasteiger partial charge in [-0.05, 0) is 47.5 Å². The third-order valence-corrected chi connectivity index (χ3v) is 4.05. The summed E-state index contributed by atoms with van der Waals surface area (Å²) in [5, 5.41) is 6.85. The number of ether oxygens (including phenoxy) is 1. The second-order valence-corrected chi connectivity index (χ2v) is 6.13. The van der Waals surface area contributed by atoms with Gasteiger partial charge in [0.05, 0.1) is 11.6 Å². The molecule has 0 radical (unpaired) electrons. The van der Waals surface area contributed by atoms with E-state index in [2.05, 4.69) is 26.6 Å². The summed E-state index contributed by atoms with van der Waals surface area (Å²) in [5.74, 6) is 0.459. The molecule has 0 fully saturated rings. The molecule has 0 saturated heterocycles. The lowest BCUT2D eigenvalue weighted by molar-refractivity contribution is -0.682. The summed E-state index contributed by atoms with van der Waals surface area (Å²) in [6.07, 6.45) is 1.90. The maximum Gasteiger partial charge on any atom is 0.321 e. The van der Waals surface area contributed by atoms with Gasteiger partial charge < -0.3 is 15.4 Å². The summed E-state index contributed by atoms with van der Waals surface area (Å²) in [4.78, 5) is 23.2. The molecule has 6 nitrogen and oxygen atoms in total. The van der Waals surface area contributed by atoms with E-state index in [4.69, 9.17) is 4.74 Å². The van der Waals surface area contributed by atoms with Crippen LogP contribution in [0.5, 0.6) is 5.75 Å². The maximum atomic E-state index is 11.8. The molecule has 0 aliphatic rings. The summed E-state index contributed by atoms with van der Waals surface area (Å²) in [5.41, 5.74) is 1.07. The Hall–Kier alpha value is -1.60. The number of unbranched alkanes of at least 4 members (excludes halogenated alkanes) is 1. The van der Waals surface area contributed by atoms with E-state index in [0.717, 1.165) is 28.6 Å². The SMILES string of the molecule is CCCCNC(=O)NC(=O)C[NH2+][C@H](C)c1ccc(OC)c(Br)c1. The molecule has 0 heterocycles. The van der Waals surface area contributed by atoms with Crippen LogP contribution in [0.15, 0.2) is 22.7 Å². The fraction of sp³-hybridized carbons (Fsp3) is 0.500. The molecule has 1 rings (SSSR count). The van der Waals surface area contributed by atoms with Crippen LogP contribution in [-0.4, -0.2) is 32.1 Å². The van der Waals surface area contributed by atoms with Gasteiger partial charge in [0.15, 0.2) is 6.54 Å². The van der Waals surface area contributed by atoms with Crippen LogP contribution in [0.2, 0.25) is 0 Å². The Morgan fingerprint density at radius 1 is 1.39 bits per heavy atom. The third kappa shape index (κ3) is 7.00. The van der Waals surface area contributed by atoms with Crippen molar-refractivity contribution in [2.45, 2.75) is 32.7 Å². The Kier molecular flexibility index (Phi) is 8.65. The van der Waals surface area contributed by atoms with Gasteiger partial charge in [0, 0.05) is 12.1 Å². The Morgan fingerprint density at radius 3 is 2.74 bits per heavy atom. The smallest absolute Gasteiger partial charge is 0.321 e. The van der Waals surface area contributed by atoms with Gasteiger partial charge in [-0.1, -0.05) is 13.3 Å². The van der Waals surface area contributed by atoms with Crippen molar-refractivity contribution in [3.63, 3.8) is 0 Å². The first kappa shape index (κ1) is 19.4. The van der Waals surface area contributed by atoms with E-state index in [1.54, 1.807) is 7.11 Å². The van der Waals surface area contributed by atoms with Crippen LogP contribution in [0.3, 0.4) is 0 Å². The minimum atomic E-state index is -0.434. The number of carbonyl (C=O) groups excluding carboxylic acids is 2. The minimum Gasteiger partial charge on any atom is -0.496 e. The Morgan fingerprint density at radius 2 is 2.13 bits per heavy atom. The van der Waals surface area contributed by atoms with Crippen molar-refractivity contribution >= 4 is 27.9 Å². The number of amides is 3. The average molecular weight is 387 g/mol. The molecule has 1 atom stereocenters. The van der Waals surface area contributed by atoms with E-state index in [-0.39, 0.29) is 18.5 Å². The van der Waals surface area contributed by atoms with Crippen LogP contribution in [-0.2, 0) is 4.79 Å². The number of carbonyl (C=O) groups is 2. The first-order chi connectivity index (χ1) is 11.0. The number of hydrogen-bond acceptors (Lipinski definition) is 3. The fourth-order valence-electron chi connectivity index (χ4n) is 1.99. The molecule has 1 aromatic rings. The molecule has 0 spiro atoms. The number of rotatable bonds is 8. The molecule has 3 amide bonds. The predicted octanol–water partition coefficient (Wildman–Crippen LogP) is 1.71. The number of nitrogens with one attached hydrogen (secondary N) is 2. The van der Waals surface area contributed by atoms with Crippen molar-refractivity contribution in [3.05, 3.63) is 28.2 Å². The summed E-state index contributed by atoms with van der Waals surface area (Å²) in [7, 11) is 1.62. The molecule has 0 aliphatic heterocycles. The Labute approximate surface area is 145 Å². The zero-order valence-electron chi connectivity index (χ0n) is 13.8. The number of nitrogens with two attached hydrogens (primary N) is 1. The zero-order chi connectivity index (χ0) is 17.2. The second-order valence-electron chi connectivity index (χ2n) is 5.28. The van der Waals surface area contributed by atoms with Gasteiger partial charge >= 0.3 is 6.03 Å². The minimum absolute atomic E-state index is 0.0890. The first-order valence-electron chi connectivity index (χ1n) is 7.72. The number of benzene rings is 1. The van der Waals surface area contributed by atoms with Crippen molar-refractivity contribution in [1.29, 1.82) is 0 Å². The maximum absolute atomic E-state index is 11.8. The summed E-state index contributed by atoms with van der Waals surface area (Å²) < 4.78 is 6.07. The van der Waals surface area contributed by atoms with Crippen molar-refractivity contribution in [2.75, 3.05) is 20.2 Å². The molecule has 0 bridgehead atoms. The quantitative estimate of drug-likeness (QED) is 0.594. The molecule has 7 heteroatoms. The average Bonchev–Trinajstić information content (AvgIpc) is 2.52. The zero-order valence-corrected chi connectivity index (χ0v) is 15.4. The first-order valence-corrected chi connectivity index (χ1v) is 8.51. The van der Waals surface area contributed by atoms with Gasteiger partial charge in [0.25, 0.3) is 5.91 Å². The van der Waals surface area contributed by atoms with Crippen molar-refractivity contribution < 1.29 is 19.6 Å².